The molecule has 1 aliphatic heterocycles. The summed E-state index contributed by atoms with van der Waals surface area (Å²) in [5, 5.41) is 0.631. The first-order valence-corrected chi connectivity index (χ1v) is 13.8. The third-order valence-electron chi connectivity index (χ3n) is 6.92. The van der Waals surface area contributed by atoms with E-state index in [4.69, 9.17) is 16.6 Å². The molecule has 1 aliphatic rings. The van der Waals surface area contributed by atoms with Crippen LogP contribution in [0.1, 0.15) is 57.6 Å². The van der Waals surface area contributed by atoms with E-state index in [0.29, 0.717) is 17.2 Å². The zero-order valence-electron chi connectivity index (χ0n) is 22.2. The normalized spacial score (nSPS) is 15.8. The molecule has 1 aromatic carbocycles. The summed E-state index contributed by atoms with van der Waals surface area (Å²) in [5.41, 5.74) is 5.18. The fraction of sp³-hybridized carbons (Fsp3) is 0.400. The third-order valence-corrected chi connectivity index (χ3v) is 7.93. The predicted molar refractivity (Wildman–Crippen MR) is 156 cm³/mol. The van der Waals surface area contributed by atoms with Crippen molar-refractivity contribution in [3.63, 3.8) is 0 Å². The maximum absolute atomic E-state index is 12.5. The summed E-state index contributed by atoms with van der Waals surface area (Å²) in [7, 11) is 0. The van der Waals surface area contributed by atoms with E-state index >= 15 is 0 Å². The lowest BCUT2D eigenvalue weighted by molar-refractivity contribution is -0.130. The van der Waals surface area contributed by atoms with E-state index in [-0.39, 0.29) is 5.41 Å². The fourth-order valence-corrected chi connectivity index (χ4v) is 5.09. The van der Waals surface area contributed by atoms with Crippen molar-refractivity contribution in [3.05, 3.63) is 81.9 Å². The quantitative estimate of drug-likeness (QED) is 0.250. The van der Waals surface area contributed by atoms with Crippen LogP contribution in [0, 0.1) is 19.3 Å². The van der Waals surface area contributed by atoms with Gasteiger partial charge in [-0.2, -0.15) is 0 Å². The van der Waals surface area contributed by atoms with Crippen LogP contribution >= 0.6 is 23.5 Å². The highest BCUT2D eigenvalue weighted by molar-refractivity contribution is 8.04. The van der Waals surface area contributed by atoms with E-state index in [1.807, 2.05) is 24.3 Å². The molecule has 192 valence electrons. The maximum atomic E-state index is 12.5. The van der Waals surface area contributed by atoms with Crippen LogP contribution in [0.5, 0.6) is 0 Å². The topological polar surface area (TPSA) is 45.2 Å². The molecular weight excluding hydrogens is 486 g/mol. The Kier molecular flexibility index (Phi) is 9.86. The molecule has 6 heteroatoms. The van der Waals surface area contributed by atoms with Crippen molar-refractivity contribution in [2.24, 2.45) is 5.41 Å². The van der Waals surface area contributed by atoms with Crippen molar-refractivity contribution in [1.29, 1.82) is 0 Å². The lowest BCUT2D eigenvalue weighted by Crippen LogP contribution is -2.41. The second kappa shape index (κ2) is 12.6. The second-order valence-corrected chi connectivity index (χ2v) is 11.2. The van der Waals surface area contributed by atoms with Gasteiger partial charge in [0.2, 0.25) is 0 Å². The van der Waals surface area contributed by atoms with Gasteiger partial charge in [0.15, 0.2) is 0 Å². The Balaban J connectivity index is 1.55. The first-order valence-electron chi connectivity index (χ1n) is 12.6. The number of carbonyl (C=O) groups is 1. The molecule has 1 aromatic heterocycles. The van der Waals surface area contributed by atoms with Gasteiger partial charge in [-0.3, -0.25) is 4.79 Å². The van der Waals surface area contributed by atoms with Crippen LogP contribution in [0.25, 0.3) is 11.3 Å². The lowest BCUT2D eigenvalue weighted by atomic mass is 9.75. The van der Waals surface area contributed by atoms with Gasteiger partial charge in [-0.25, -0.2) is 4.98 Å². The molecule has 3 rings (SSSR count). The van der Waals surface area contributed by atoms with E-state index in [0.717, 1.165) is 59.9 Å². The van der Waals surface area contributed by atoms with Gasteiger partial charge < -0.3 is 9.62 Å². The van der Waals surface area contributed by atoms with Crippen molar-refractivity contribution < 1.29 is 4.79 Å². The van der Waals surface area contributed by atoms with Gasteiger partial charge in [0.25, 0.3) is 0 Å². The molecule has 2 aromatic rings. The summed E-state index contributed by atoms with van der Waals surface area (Å²) in [6, 6.07) is 10.0. The van der Waals surface area contributed by atoms with E-state index in [1.165, 1.54) is 23.2 Å². The number of piperidine rings is 1. The largest absolute Gasteiger partial charge is 0.375 e. The van der Waals surface area contributed by atoms with Crippen LogP contribution in [0.2, 0.25) is 5.02 Å². The van der Waals surface area contributed by atoms with Gasteiger partial charge >= 0.3 is 0 Å². The zero-order chi connectivity index (χ0) is 26.3. The molecule has 1 saturated heterocycles. The highest BCUT2D eigenvalue weighted by Gasteiger charge is 2.35. The summed E-state index contributed by atoms with van der Waals surface area (Å²) in [6.07, 6.45) is 9.60. The van der Waals surface area contributed by atoms with Crippen molar-refractivity contribution in [3.8, 4) is 11.3 Å². The summed E-state index contributed by atoms with van der Waals surface area (Å²) in [6.45, 7) is 16.5. The number of nitrogens with zero attached hydrogens (tertiary/aromatic N) is 2. The van der Waals surface area contributed by atoms with Crippen LogP contribution in [-0.2, 0) is 4.79 Å². The van der Waals surface area contributed by atoms with E-state index in [1.54, 1.807) is 0 Å². The third kappa shape index (κ3) is 7.27. The Morgan fingerprint density at radius 3 is 2.67 bits per heavy atom. The molecule has 1 fully saturated rings. The van der Waals surface area contributed by atoms with Gasteiger partial charge in [0, 0.05) is 41.1 Å². The lowest BCUT2D eigenvalue weighted by Gasteiger charge is -2.39. The minimum atomic E-state index is -0.160. The minimum absolute atomic E-state index is 0.160. The number of pyridine rings is 1. The Labute approximate surface area is 226 Å². The first kappa shape index (κ1) is 28.1. The van der Waals surface area contributed by atoms with Gasteiger partial charge in [-0.1, -0.05) is 55.8 Å². The number of aromatic nitrogens is 1. The molecule has 2 heterocycles. The van der Waals surface area contributed by atoms with Crippen LogP contribution in [0.15, 0.2) is 65.7 Å². The van der Waals surface area contributed by atoms with Crippen LogP contribution in [0.4, 0.5) is 5.82 Å². The molecular formula is C30H38ClN3OS. The molecule has 4 nitrogen and oxygen atoms in total. The number of rotatable bonds is 10. The smallest absolute Gasteiger partial charge is 0.138 e. The van der Waals surface area contributed by atoms with Crippen LogP contribution in [0.3, 0.4) is 0 Å². The molecule has 0 aliphatic carbocycles. The Morgan fingerprint density at radius 1 is 1.25 bits per heavy atom. The van der Waals surface area contributed by atoms with Gasteiger partial charge in [-0.15, -0.1) is 0 Å². The standard InChI is InChI=1S/C30H38ClN3OS/c1-7-9-27(35)30(6)16-18-34(19-17-30)23(4)10-8-11-24(5)36-33-28-15-14-26(31)29(32-28)25-20-21(2)12-13-22(25)3/h8,10-15,20H,5,7,9,16-19H2,1-4,6H3,(H,32,33)/b11-8-,23-10+. The molecule has 0 unspecified atom stereocenters. The molecule has 0 atom stereocenters. The van der Waals surface area contributed by atoms with Gasteiger partial charge in [0.1, 0.15) is 11.6 Å². The maximum Gasteiger partial charge on any atom is 0.138 e. The number of anilines is 1. The number of halogens is 1. The monoisotopic (exact) mass is 523 g/mol. The molecule has 0 amide bonds. The van der Waals surface area contributed by atoms with Crippen molar-refractivity contribution in [2.45, 2.75) is 60.3 Å². The van der Waals surface area contributed by atoms with E-state index in [2.05, 4.69) is 75.1 Å². The van der Waals surface area contributed by atoms with E-state index in [9.17, 15) is 4.79 Å². The SMILES string of the molecule is C=C(/C=C\C=C(/C)N1CCC(C)(C(=O)CCC)CC1)SNc1ccc(Cl)c(-c2cc(C)ccc2C)n1. The predicted octanol–water partition coefficient (Wildman–Crippen LogP) is 8.52. The molecule has 0 bridgehead atoms. The number of carbonyl (C=O) groups excluding carboxylic acids is 1. The van der Waals surface area contributed by atoms with Crippen LogP contribution in [-0.4, -0.2) is 28.8 Å². The Hall–Kier alpha value is -2.50. The van der Waals surface area contributed by atoms with Gasteiger partial charge in [0.05, 0.1) is 10.7 Å². The second-order valence-electron chi connectivity index (χ2n) is 9.90. The number of aryl methyl sites for hydroxylation is 2. The number of benzene rings is 1. The van der Waals surface area contributed by atoms with Crippen molar-refractivity contribution >= 4 is 35.1 Å². The van der Waals surface area contributed by atoms with Gasteiger partial charge in [-0.05, 0) is 87.9 Å². The number of allylic oxidation sites excluding steroid dienone is 4. The minimum Gasteiger partial charge on any atom is -0.375 e. The highest BCUT2D eigenvalue weighted by Crippen LogP contribution is 2.35. The van der Waals surface area contributed by atoms with Crippen LogP contribution < -0.4 is 4.72 Å². The number of hydrogen-bond donors (Lipinski definition) is 1. The zero-order valence-corrected chi connectivity index (χ0v) is 23.7. The first-order chi connectivity index (χ1) is 17.1. The van der Waals surface area contributed by atoms with Crippen molar-refractivity contribution in [1.82, 2.24) is 9.88 Å². The molecule has 1 N–H and O–H groups in total. The molecule has 0 spiro atoms. The summed E-state index contributed by atoms with van der Waals surface area (Å²) in [4.78, 5) is 20.5. The summed E-state index contributed by atoms with van der Waals surface area (Å²) < 4.78 is 3.28. The fourth-order valence-electron chi connectivity index (χ4n) is 4.39. The number of hydrogen-bond acceptors (Lipinski definition) is 5. The Bertz CT molecular complexity index is 1160. The van der Waals surface area contributed by atoms with E-state index < -0.39 is 0 Å². The number of likely N-dealkylation sites (tertiary alicyclic amines) is 1. The molecule has 36 heavy (non-hydrogen) atoms. The van der Waals surface area contributed by atoms with Crippen molar-refractivity contribution in [2.75, 3.05) is 17.8 Å². The number of ketones is 1. The summed E-state index contributed by atoms with van der Waals surface area (Å²) >= 11 is 7.90. The Morgan fingerprint density at radius 2 is 1.97 bits per heavy atom. The molecule has 0 saturated carbocycles. The average molecular weight is 524 g/mol. The number of nitrogens with one attached hydrogen (secondary N) is 1. The number of Topliss-reactive ketones (excluding diaryl/α,β-unsaturated/α-hetero) is 1. The highest BCUT2D eigenvalue weighted by atomic mass is 35.5. The molecule has 0 radical (unpaired) electrons. The average Bonchev–Trinajstić information content (AvgIpc) is 2.85. The summed E-state index contributed by atoms with van der Waals surface area (Å²) in [5.74, 6) is 1.15.